The van der Waals surface area contributed by atoms with Crippen LogP contribution in [0.1, 0.15) is 49.9 Å². The van der Waals surface area contributed by atoms with E-state index < -0.39 is 5.54 Å². The second-order valence-electron chi connectivity index (χ2n) is 6.06. The molecule has 0 bridgehead atoms. The molecule has 1 saturated carbocycles. The van der Waals surface area contributed by atoms with E-state index in [0.29, 0.717) is 24.1 Å². The maximum Gasteiger partial charge on any atom is 0.250 e. The van der Waals surface area contributed by atoms with E-state index in [1.54, 1.807) is 13.2 Å². The first-order valence-corrected chi connectivity index (χ1v) is 8.26. The predicted molar refractivity (Wildman–Crippen MR) is 91.7 cm³/mol. The molecule has 2 N–H and O–H groups in total. The van der Waals surface area contributed by atoms with Crippen LogP contribution >= 0.6 is 0 Å². The monoisotopic (exact) mass is 329 g/mol. The van der Waals surface area contributed by atoms with Crippen molar-refractivity contribution in [2.24, 2.45) is 5.73 Å². The lowest BCUT2D eigenvalue weighted by Crippen LogP contribution is -2.44. The molecule has 128 valence electrons. The highest BCUT2D eigenvalue weighted by molar-refractivity contribution is 5.67. The van der Waals surface area contributed by atoms with Crippen molar-refractivity contribution < 1.29 is 14.0 Å². The van der Waals surface area contributed by atoms with Crippen molar-refractivity contribution >= 4 is 12.2 Å². The van der Waals surface area contributed by atoms with Gasteiger partial charge in [-0.25, -0.2) is 0 Å². The fraction of sp³-hybridized carbons (Fsp3) is 0.444. The van der Waals surface area contributed by atoms with Crippen LogP contribution in [0, 0.1) is 0 Å². The highest BCUT2D eigenvalue weighted by Crippen LogP contribution is 2.37. The zero-order valence-electron chi connectivity index (χ0n) is 14.1. The topological polar surface area (TPSA) is 83.4 Å². The van der Waals surface area contributed by atoms with Crippen LogP contribution in [0.15, 0.2) is 22.7 Å². The number of methoxy groups -OCH3 is 1. The molecular formula is C18H23N3O3. The van der Waals surface area contributed by atoms with E-state index in [4.69, 9.17) is 19.7 Å². The predicted octanol–water partition coefficient (Wildman–Crippen LogP) is 3.38. The van der Waals surface area contributed by atoms with Gasteiger partial charge in [0.15, 0.2) is 17.3 Å². The Morgan fingerprint density at radius 1 is 1.29 bits per heavy atom. The van der Waals surface area contributed by atoms with Crippen molar-refractivity contribution in [3.05, 3.63) is 35.5 Å². The van der Waals surface area contributed by atoms with Crippen LogP contribution < -0.4 is 15.2 Å². The van der Waals surface area contributed by atoms with Crippen molar-refractivity contribution in [3.8, 4) is 11.5 Å². The summed E-state index contributed by atoms with van der Waals surface area (Å²) in [6.45, 7) is 2.73. The Morgan fingerprint density at radius 3 is 2.79 bits per heavy atom. The Bertz CT molecular complexity index is 720. The molecule has 1 aliphatic rings. The molecule has 0 amide bonds. The van der Waals surface area contributed by atoms with E-state index in [1.165, 1.54) is 0 Å². The van der Waals surface area contributed by atoms with Gasteiger partial charge in [0.2, 0.25) is 0 Å². The fourth-order valence-electron chi connectivity index (χ4n) is 2.57. The molecule has 2 aromatic rings. The molecule has 0 saturated heterocycles. The van der Waals surface area contributed by atoms with E-state index in [2.05, 4.69) is 17.1 Å². The summed E-state index contributed by atoms with van der Waals surface area (Å²) in [6, 6.07) is 5.77. The van der Waals surface area contributed by atoms with Gasteiger partial charge in [0.05, 0.1) is 19.3 Å². The van der Waals surface area contributed by atoms with Crippen LogP contribution in [-0.4, -0.2) is 23.9 Å². The van der Waals surface area contributed by atoms with E-state index in [0.717, 1.165) is 37.0 Å². The molecule has 0 spiro atoms. The average molecular weight is 329 g/mol. The van der Waals surface area contributed by atoms with Crippen LogP contribution in [0.3, 0.4) is 0 Å². The third-order valence-electron chi connectivity index (χ3n) is 4.20. The molecule has 1 heterocycles. The normalized spacial score (nSPS) is 16.1. The van der Waals surface area contributed by atoms with Crippen LogP contribution in [-0.2, 0) is 5.54 Å². The molecule has 0 unspecified atom stereocenters. The molecule has 0 aliphatic heterocycles. The van der Waals surface area contributed by atoms with Crippen molar-refractivity contribution in [2.45, 2.75) is 38.1 Å². The molecule has 1 aromatic carbocycles. The lowest BCUT2D eigenvalue weighted by molar-refractivity contribution is 0.229. The van der Waals surface area contributed by atoms with E-state index in [9.17, 15) is 0 Å². The molecule has 6 nitrogen and oxygen atoms in total. The molecule has 1 fully saturated rings. The summed E-state index contributed by atoms with van der Waals surface area (Å²) in [5.74, 6) is 2.49. The van der Waals surface area contributed by atoms with Crippen molar-refractivity contribution in [1.82, 2.24) is 10.1 Å². The van der Waals surface area contributed by atoms with Crippen LogP contribution in [0.2, 0.25) is 0 Å². The van der Waals surface area contributed by atoms with E-state index in [-0.39, 0.29) is 0 Å². The average Bonchev–Trinajstić information content (AvgIpc) is 3.05. The molecule has 0 radical (unpaired) electrons. The van der Waals surface area contributed by atoms with Gasteiger partial charge in [-0.15, -0.1) is 0 Å². The summed E-state index contributed by atoms with van der Waals surface area (Å²) in [5.41, 5.74) is 6.75. The highest BCUT2D eigenvalue weighted by Gasteiger charge is 2.38. The first-order valence-electron chi connectivity index (χ1n) is 8.26. The molecule has 6 heteroatoms. The lowest BCUT2D eigenvalue weighted by Gasteiger charge is -2.34. The number of ether oxygens (including phenoxy) is 2. The SMILES string of the molecule is CCCOc1ccc(/C=C/c2nc(C3(N)CCC3)no2)cc1OC. The molecule has 24 heavy (non-hydrogen) atoms. The number of hydrogen-bond acceptors (Lipinski definition) is 6. The van der Waals surface area contributed by atoms with E-state index in [1.807, 2.05) is 24.3 Å². The minimum atomic E-state index is -0.406. The summed E-state index contributed by atoms with van der Waals surface area (Å²) >= 11 is 0. The zero-order chi connectivity index (χ0) is 17.0. The lowest BCUT2D eigenvalue weighted by atomic mass is 9.77. The summed E-state index contributed by atoms with van der Waals surface area (Å²) < 4.78 is 16.3. The molecule has 1 aliphatic carbocycles. The Labute approximate surface area is 141 Å². The second-order valence-corrected chi connectivity index (χ2v) is 6.06. The number of nitrogens with two attached hydrogens (primary N) is 1. The number of nitrogens with zero attached hydrogens (tertiary/aromatic N) is 2. The smallest absolute Gasteiger partial charge is 0.250 e. The van der Waals surface area contributed by atoms with Crippen LogP contribution in [0.5, 0.6) is 11.5 Å². The Hall–Kier alpha value is -2.34. The molecule has 3 rings (SSSR count). The number of benzene rings is 1. The molecule has 0 atom stereocenters. The Morgan fingerprint density at radius 2 is 2.12 bits per heavy atom. The largest absolute Gasteiger partial charge is 0.493 e. The number of aromatic nitrogens is 2. The van der Waals surface area contributed by atoms with Crippen LogP contribution in [0.4, 0.5) is 0 Å². The fourth-order valence-corrected chi connectivity index (χ4v) is 2.57. The minimum absolute atomic E-state index is 0.406. The second kappa shape index (κ2) is 7.05. The van der Waals surface area contributed by atoms with E-state index >= 15 is 0 Å². The van der Waals surface area contributed by atoms with Gasteiger partial charge >= 0.3 is 0 Å². The van der Waals surface area contributed by atoms with Crippen molar-refractivity contribution in [3.63, 3.8) is 0 Å². The number of rotatable bonds is 7. The molecular weight excluding hydrogens is 306 g/mol. The third-order valence-corrected chi connectivity index (χ3v) is 4.20. The number of hydrogen-bond donors (Lipinski definition) is 1. The summed E-state index contributed by atoms with van der Waals surface area (Å²) in [7, 11) is 1.63. The van der Waals surface area contributed by atoms with Gasteiger partial charge in [0.1, 0.15) is 0 Å². The quantitative estimate of drug-likeness (QED) is 0.838. The van der Waals surface area contributed by atoms with Gasteiger partial charge in [-0.3, -0.25) is 0 Å². The van der Waals surface area contributed by atoms with Crippen molar-refractivity contribution in [2.75, 3.05) is 13.7 Å². The van der Waals surface area contributed by atoms with Crippen molar-refractivity contribution in [1.29, 1.82) is 0 Å². The molecule has 1 aromatic heterocycles. The third kappa shape index (κ3) is 3.43. The van der Waals surface area contributed by atoms with Gasteiger partial charge < -0.3 is 19.7 Å². The Kier molecular flexibility index (Phi) is 4.85. The minimum Gasteiger partial charge on any atom is -0.493 e. The van der Waals surface area contributed by atoms with Gasteiger partial charge in [-0.05, 0) is 49.5 Å². The summed E-state index contributed by atoms with van der Waals surface area (Å²) in [5, 5.41) is 4.00. The van der Waals surface area contributed by atoms with Gasteiger partial charge in [0, 0.05) is 6.08 Å². The summed E-state index contributed by atoms with van der Waals surface area (Å²) in [6.07, 6.45) is 7.56. The zero-order valence-corrected chi connectivity index (χ0v) is 14.1. The van der Waals surface area contributed by atoms with Gasteiger partial charge in [-0.1, -0.05) is 18.1 Å². The first kappa shape index (κ1) is 16.5. The maximum absolute atomic E-state index is 6.20. The Balaban J connectivity index is 1.72. The summed E-state index contributed by atoms with van der Waals surface area (Å²) in [4.78, 5) is 4.37. The van der Waals surface area contributed by atoms with Gasteiger partial charge in [0.25, 0.3) is 5.89 Å². The maximum atomic E-state index is 6.20. The highest BCUT2D eigenvalue weighted by atomic mass is 16.5. The van der Waals surface area contributed by atoms with Crippen LogP contribution in [0.25, 0.3) is 12.2 Å². The van der Waals surface area contributed by atoms with Gasteiger partial charge in [-0.2, -0.15) is 4.98 Å². The standard InChI is InChI=1S/C18H23N3O3/c1-3-11-23-14-7-5-13(12-15(14)22-2)6-8-16-20-17(21-24-16)18(19)9-4-10-18/h5-8,12H,3-4,9-11,19H2,1-2H3/b8-6+. The first-order chi connectivity index (χ1) is 11.6.